The number of hydrogen-bond acceptors (Lipinski definition) is 3. The van der Waals surface area contributed by atoms with Crippen molar-refractivity contribution in [2.24, 2.45) is 0 Å². The van der Waals surface area contributed by atoms with E-state index in [9.17, 15) is 5.11 Å². The zero-order valence-corrected chi connectivity index (χ0v) is 11.4. The predicted molar refractivity (Wildman–Crippen MR) is 76.4 cm³/mol. The van der Waals surface area contributed by atoms with Gasteiger partial charge in [-0.2, -0.15) is 0 Å². The lowest BCUT2D eigenvalue weighted by atomic mass is 10.2. The van der Waals surface area contributed by atoms with Crippen LogP contribution < -0.4 is 0 Å². The van der Waals surface area contributed by atoms with Crippen molar-refractivity contribution >= 4 is 17.4 Å². The van der Waals surface area contributed by atoms with Crippen LogP contribution in [0.2, 0.25) is 0 Å². The minimum atomic E-state index is -0.0145. The summed E-state index contributed by atoms with van der Waals surface area (Å²) in [6.07, 6.45) is 1.92. The monoisotopic (exact) mass is 270 g/mol. The van der Waals surface area contributed by atoms with E-state index in [4.69, 9.17) is 0 Å². The number of imidazole rings is 1. The van der Waals surface area contributed by atoms with Crippen molar-refractivity contribution in [3.05, 3.63) is 59.9 Å². The number of aliphatic hydroxyl groups excluding tert-OH is 1. The van der Waals surface area contributed by atoms with E-state index >= 15 is 0 Å². The van der Waals surface area contributed by atoms with Crippen LogP contribution in [0.25, 0.3) is 5.65 Å². The van der Waals surface area contributed by atoms with Crippen molar-refractivity contribution in [2.75, 3.05) is 0 Å². The van der Waals surface area contributed by atoms with Gasteiger partial charge in [-0.05, 0) is 31.2 Å². The van der Waals surface area contributed by atoms with E-state index in [0.29, 0.717) is 0 Å². The van der Waals surface area contributed by atoms with Gasteiger partial charge in [-0.15, -0.1) is 0 Å². The number of fused-ring (bicyclic) bond motifs is 1. The fourth-order valence-electron chi connectivity index (χ4n) is 1.97. The number of rotatable bonds is 3. The Hall–Kier alpha value is -1.78. The normalized spacial score (nSPS) is 11.1. The molecule has 0 fully saturated rings. The molecule has 0 amide bonds. The fraction of sp³-hybridized carbons (Fsp3) is 0.133. The second kappa shape index (κ2) is 5.07. The molecule has 0 spiro atoms. The number of aliphatic hydroxyl groups is 1. The minimum absolute atomic E-state index is 0.0145. The Morgan fingerprint density at radius 1 is 1.16 bits per heavy atom. The van der Waals surface area contributed by atoms with Crippen molar-refractivity contribution in [3.8, 4) is 0 Å². The summed E-state index contributed by atoms with van der Waals surface area (Å²) in [6.45, 7) is 2.05. The van der Waals surface area contributed by atoms with Crippen molar-refractivity contribution in [1.82, 2.24) is 9.38 Å². The Morgan fingerprint density at radius 2 is 1.95 bits per heavy atom. The van der Waals surface area contributed by atoms with Crippen LogP contribution >= 0.6 is 11.8 Å². The topological polar surface area (TPSA) is 37.5 Å². The molecule has 4 heteroatoms. The van der Waals surface area contributed by atoms with E-state index in [1.165, 1.54) is 5.56 Å². The molecule has 2 heterocycles. The third-order valence-corrected chi connectivity index (χ3v) is 4.01. The third kappa shape index (κ3) is 2.37. The third-order valence-electron chi connectivity index (χ3n) is 2.98. The fourth-order valence-corrected chi connectivity index (χ4v) is 2.88. The van der Waals surface area contributed by atoms with Gasteiger partial charge < -0.3 is 9.51 Å². The number of benzene rings is 1. The number of nitrogens with zero attached hydrogens (tertiary/aromatic N) is 2. The van der Waals surface area contributed by atoms with Gasteiger partial charge in [0.05, 0.1) is 12.3 Å². The molecular formula is C15H14N2OS. The van der Waals surface area contributed by atoms with Crippen LogP contribution in [-0.2, 0) is 6.61 Å². The highest BCUT2D eigenvalue weighted by molar-refractivity contribution is 7.99. The Labute approximate surface area is 115 Å². The molecule has 1 N–H and O–H groups in total. The van der Waals surface area contributed by atoms with Gasteiger partial charge in [0.15, 0.2) is 0 Å². The van der Waals surface area contributed by atoms with E-state index in [1.54, 1.807) is 11.8 Å². The van der Waals surface area contributed by atoms with Crippen LogP contribution in [-0.4, -0.2) is 14.5 Å². The van der Waals surface area contributed by atoms with Gasteiger partial charge in [0.25, 0.3) is 0 Å². The molecule has 0 saturated carbocycles. The largest absolute Gasteiger partial charge is 0.390 e. The highest BCUT2D eigenvalue weighted by Crippen LogP contribution is 2.30. The van der Waals surface area contributed by atoms with Gasteiger partial charge in [-0.25, -0.2) is 4.98 Å². The Morgan fingerprint density at radius 3 is 2.68 bits per heavy atom. The molecule has 0 aliphatic rings. The minimum Gasteiger partial charge on any atom is -0.390 e. The maximum absolute atomic E-state index is 9.55. The average Bonchev–Trinajstić information content (AvgIpc) is 2.78. The number of pyridine rings is 1. The summed E-state index contributed by atoms with van der Waals surface area (Å²) >= 11 is 1.58. The Kier molecular flexibility index (Phi) is 3.27. The van der Waals surface area contributed by atoms with Gasteiger partial charge in [0, 0.05) is 11.1 Å². The van der Waals surface area contributed by atoms with E-state index in [2.05, 4.69) is 36.2 Å². The first-order valence-corrected chi connectivity index (χ1v) is 6.91. The first-order chi connectivity index (χ1) is 9.28. The van der Waals surface area contributed by atoms with Crippen LogP contribution in [0.1, 0.15) is 11.3 Å². The summed E-state index contributed by atoms with van der Waals surface area (Å²) in [6, 6.07) is 14.1. The molecule has 96 valence electrons. The van der Waals surface area contributed by atoms with Crippen molar-refractivity contribution in [2.45, 2.75) is 23.5 Å². The second-order valence-electron chi connectivity index (χ2n) is 4.37. The molecular weight excluding hydrogens is 256 g/mol. The van der Waals surface area contributed by atoms with Crippen LogP contribution in [0, 0.1) is 6.92 Å². The van der Waals surface area contributed by atoms with Crippen LogP contribution in [0.3, 0.4) is 0 Å². The Bertz CT molecular complexity index is 704. The first-order valence-electron chi connectivity index (χ1n) is 6.09. The molecule has 0 aliphatic heterocycles. The van der Waals surface area contributed by atoms with Gasteiger partial charge in [0.1, 0.15) is 10.7 Å². The first kappa shape index (κ1) is 12.3. The number of aromatic nitrogens is 2. The van der Waals surface area contributed by atoms with Crippen LogP contribution in [0.4, 0.5) is 0 Å². The molecule has 2 aromatic heterocycles. The Balaban J connectivity index is 2.02. The molecule has 3 rings (SSSR count). The summed E-state index contributed by atoms with van der Waals surface area (Å²) in [5, 5.41) is 10.4. The SMILES string of the molecule is Cc1ccc(Sc2nc3ccccn3c2CO)cc1. The van der Waals surface area contributed by atoms with Crippen molar-refractivity contribution in [1.29, 1.82) is 0 Å². The quantitative estimate of drug-likeness (QED) is 0.793. The molecule has 1 aromatic carbocycles. The molecule has 0 aliphatic carbocycles. The smallest absolute Gasteiger partial charge is 0.138 e. The van der Waals surface area contributed by atoms with Crippen LogP contribution in [0.5, 0.6) is 0 Å². The highest BCUT2D eigenvalue weighted by atomic mass is 32.2. The maximum atomic E-state index is 9.55. The second-order valence-corrected chi connectivity index (χ2v) is 5.43. The predicted octanol–water partition coefficient (Wildman–Crippen LogP) is 3.29. The molecule has 0 bridgehead atoms. The van der Waals surface area contributed by atoms with Gasteiger partial charge in [-0.1, -0.05) is 35.5 Å². The van der Waals surface area contributed by atoms with E-state index in [1.807, 2.05) is 28.8 Å². The summed E-state index contributed by atoms with van der Waals surface area (Å²) < 4.78 is 1.93. The van der Waals surface area contributed by atoms with Crippen molar-refractivity contribution in [3.63, 3.8) is 0 Å². The lowest BCUT2D eigenvalue weighted by Crippen LogP contribution is -1.92. The maximum Gasteiger partial charge on any atom is 0.138 e. The lowest BCUT2D eigenvalue weighted by molar-refractivity contribution is 0.272. The summed E-state index contributed by atoms with van der Waals surface area (Å²) in [5.41, 5.74) is 2.93. The average molecular weight is 270 g/mol. The van der Waals surface area contributed by atoms with Crippen LogP contribution in [0.15, 0.2) is 58.6 Å². The van der Waals surface area contributed by atoms with Gasteiger partial charge in [0.2, 0.25) is 0 Å². The summed E-state index contributed by atoms with van der Waals surface area (Å²) in [7, 11) is 0. The molecule has 0 radical (unpaired) electrons. The molecule has 3 nitrogen and oxygen atoms in total. The zero-order chi connectivity index (χ0) is 13.2. The molecule has 0 unspecified atom stereocenters. The van der Waals surface area contributed by atoms with E-state index < -0.39 is 0 Å². The van der Waals surface area contributed by atoms with E-state index in [-0.39, 0.29) is 6.61 Å². The van der Waals surface area contributed by atoms with E-state index in [0.717, 1.165) is 21.3 Å². The highest BCUT2D eigenvalue weighted by Gasteiger charge is 2.12. The zero-order valence-electron chi connectivity index (χ0n) is 10.6. The lowest BCUT2D eigenvalue weighted by Gasteiger charge is -2.02. The summed E-state index contributed by atoms with van der Waals surface area (Å²) in [4.78, 5) is 5.70. The van der Waals surface area contributed by atoms with Crippen molar-refractivity contribution < 1.29 is 5.11 Å². The standard InChI is InChI=1S/C15H14N2OS/c1-11-5-7-12(8-6-11)19-15-13(10-18)17-9-3-2-4-14(17)16-15/h2-9,18H,10H2,1H3. The van der Waals surface area contributed by atoms with Gasteiger partial charge >= 0.3 is 0 Å². The number of hydrogen-bond donors (Lipinski definition) is 1. The molecule has 0 saturated heterocycles. The molecule has 3 aromatic rings. The van der Waals surface area contributed by atoms with Gasteiger partial charge in [-0.3, -0.25) is 0 Å². The number of aryl methyl sites for hydroxylation is 1. The molecule has 0 atom stereocenters. The summed E-state index contributed by atoms with van der Waals surface area (Å²) in [5.74, 6) is 0. The molecule has 19 heavy (non-hydrogen) atoms.